The number of nitrogens with one attached hydrogen (secondary N) is 1. The smallest absolute Gasteiger partial charge is 0.193 e. The number of hydrogen-bond acceptors (Lipinski definition) is 2. The molecule has 1 aliphatic carbocycles. The number of likely N-dealkylation sites (tertiary alicyclic amines) is 1. The maximum atomic E-state index is 6.02. The van der Waals surface area contributed by atoms with E-state index in [-0.39, 0.29) is 24.0 Å². The highest BCUT2D eigenvalue weighted by Crippen LogP contribution is 2.31. The number of halogens is 1. The van der Waals surface area contributed by atoms with Crippen molar-refractivity contribution in [3.8, 4) is 0 Å². The second-order valence-electron chi connectivity index (χ2n) is 6.61. The molecule has 2 aliphatic rings. The van der Waals surface area contributed by atoms with Crippen LogP contribution in [-0.2, 0) is 0 Å². The Hall–Kier alpha value is -0.820. The van der Waals surface area contributed by atoms with Crippen molar-refractivity contribution < 1.29 is 0 Å². The Labute approximate surface area is 150 Å². The standard InChI is InChI=1S/C17H26N4.HI/c1-12-7-13(2)9-15(8-12)20-17(18)19-10-14-5-6-21(11-14)16-3-4-16;/h7-9,14,16H,3-6,10-11H2,1-2H3,(H3,18,19,20);1H. The van der Waals surface area contributed by atoms with Crippen molar-refractivity contribution in [1.29, 1.82) is 0 Å². The van der Waals surface area contributed by atoms with E-state index in [9.17, 15) is 0 Å². The van der Waals surface area contributed by atoms with Crippen LogP contribution in [0.1, 0.15) is 30.4 Å². The molecule has 4 nitrogen and oxygen atoms in total. The highest BCUT2D eigenvalue weighted by molar-refractivity contribution is 14.0. The maximum absolute atomic E-state index is 6.02. The van der Waals surface area contributed by atoms with E-state index in [0.29, 0.717) is 11.9 Å². The highest BCUT2D eigenvalue weighted by atomic mass is 127. The van der Waals surface area contributed by atoms with Gasteiger partial charge in [-0.2, -0.15) is 0 Å². The lowest BCUT2D eigenvalue weighted by atomic mass is 10.1. The van der Waals surface area contributed by atoms with Crippen molar-refractivity contribution in [2.75, 3.05) is 25.0 Å². The van der Waals surface area contributed by atoms with Crippen LogP contribution in [0.3, 0.4) is 0 Å². The van der Waals surface area contributed by atoms with Crippen molar-refractivity contribution in [2.45, 2.75) is 39.2 Å². The van der Waals surface area contributed by atoms with Crippen molar-refractivity contribution in [1.82, 2.24) is 4.90 Å². The molecule has 0 radical (unpaired) electrons. The van der Waals surface area contributed by atoms with Gasteiger partial charge in [-0.25, -0.2) is 0 Å². The quantitative estimate of drug-likeness (QED) is 0.452. The molecule has 122 valence electrons. The van der Waals surface area contributed by atoms with Crippen molar-refractivity contribution in [3.05, 3.63) is 29.3 Å². The SMILES string of the molecule is Cc1cc(C)cc(NC(N)=NCC2CCN(C3CC3)C2)c1.I. The molecule has 1 aliphatic heterocycles. The van der Waals surface area contributed by atoms with E-state index in [1.807, 2.05) is 0 Å². The zero-order chi connectivity index (χ0) is 14.8. The van der Waals surface area contributed by atoms with Gasteiger partial charge in [-0.15, -0.1) is 24.0 Å². The fourth-order valence-corrected chi connectivity index (χ4v) is 3.24. The monoisotopic (exact) mass is 414 g/mol. The molecule has 0 spiro atoms. The summed E-state index contributed by atoms with van der Waals surface area (Å²) in [5, 5.41) is 3.21. The third-order valence-corrected chi connectivity index (χ3v) is 4.39. The molecule has 2 fully saturated rings. The molecule has 0 amide bonds. The van der Waals surface area contributed by atoms with E-state index < -0.39 is 0 Å². The topological polar surface area (TPSA) is 53.6 Å². The average molecular weight is 414 g/mol. The van der Waals surface area contributed by atoms with Crippen LogP contribution in [-0.4, -0.2) is 36.5 Å². The molecule has 1 saturated heterocycles. The number of hydrogen-bond donors (Lipinski definition) is 2. The summed E-state index contributed by atoms with van der Waals surface area (Å²) in [6.07, 6.45) is 4.05. The molecule has 1 heterocycles. The number of rotatable bonds is 4. The van der Waals surface area contributed by atoms with Gasteiger partial charge in [0, 0.05) is 24.8 Å². The number of nitrogens with zero attached hydrogens (tertiary/aromatic N) is 2. The van der Waals surface area contributed by atoms with E-state index >= 15 is 0 Å². The molecule has 0 aromatic heterocycles. The van der Waals surface area contributed by atoms with Crippen molar-refractivity contribution in [3.63, 3.8) is 0 Å². The summed E-state index contributed by atoms with van der Waals surface area (Å²) in [5.74, 6) is 1.20. The molecule has 5 heteroatoms. The summed E-state index contributed by atoms with van der Waals surface area (Å²) < 4.78 is 0. The average Bonchev–Trinajstić information content (AvgIpc) is 3.14. The summed E-state index contributed by atoms with van der Waals surface area (Å²) in [6.45, 7) is 7.47. The summed E-state index contributed by atoms with van der Waals surface area (Å²) >= 11 is 0. The number of aliphatic imine (C=N–C) groups is 1. The number of benzene rings is 1. The third-order valence-electron chi connectivity index (χ3n) is 4.39. The lowest BCUT2D eigenvalue weighted by molar-refractivity contribution is 0.315. The van der Waals surface area contributed by atoms with Crippen LogP contribution in [0.2, 0.25) is 0 Å². The Bertz CT molecular complexity index is 519. The normalized spacial score (nSPS) is 22.5. The summed E-state index contributed by atoms with van der Waals surface area (Å²) in [6, 6.07) is 7.23. The van der Waals surface area contributed by atoms with Crippen molar-refractivity contribution in [2.24, 2.45) is 16.6 Å². The van der Waals surface area contributed by atoms with Crippen LogP contribution in [0.15, 0.2) is 23.2 Å². The van der Waals surface area contributed by atoms with Gasteiger partial charge in [0.2, 0.25) is 0 Å². The second-order valence-corrected chi connectivity index (χ2v) is 6.61. The number of anilines is 1. The van der Waals surface area contributed by atoms with Crippen molar-refractivity contribution >= 4 is 35.6 Å². The Morgan fingerprint density at radius 3 is 2.55 bits per heavy atom. The molecule has 1 atom stereocenters. The van der Waals surface area contributed by atoms with E-state index in [1.54, 1.807) is 0 Å². The van der Waals surface area contributed by atoms with Crippen LogP contribution in [0.4, 0.5) is 5.69 Å². The molecular weight excluding hydrogens is 387 g/mol. The lowest BCUT2D eigenvalue weighted by Gasteiger charge is -2.14. The molecule has 1 aromatic carbocycles. The van der Waals surface area contributed by atoms with E-state index in [2.05, 4.69) is 47.3 Å². The Kier molecular flexibility index (Phi) is 6.09. The summed E-state index contributed by atoms with van der Waals surface area (Å²) in [4.78, 5) is 7.15. The van der Waals surface area contributed by atoms with Gasteiger partial charge in [-0.3, -0.25) is 4.99 Å². The molecule has 3 rings (SSSR count). The number of nitrogens with two attached hydrogens (primary N) is 1. The maximum Gasteiger partial charge on any atom is 0.193 e. The van der Waals surface area contributed by atoms with Crippen LogP contribution in [0, 0.1) is 19.8 Å². The van der Waals surface area contributed by atoms with Gasteiger partial charge < -0.3 is 16.0 Å². The zero-order valence-corrected chi connectivity index (χ0v) is 15.8. The largest absolute Gasteiger partial charge is 0.370 e. The lowest BCUT2D eigenvalue weighted by Crippen LogP contribution is -2.25. The fraction of sp³-hybridized carbons (Fsp3) is 0.588. The molecule has 22 heavy (non-hydrogen) atoms. The predicted octanol–water partition coefficient (Wildman–Crippen LogP) is 3.13. The van der Waals surface area contributed by atoms with E-state index in [1.165, 1.54) is 43.5 Å². The first kappa shape index (κ1) is 17.5. The Morgan fingerprint density at radius 2 is 1.91 bits per heavy atom. The minimum Gasteiger partial charge on any atom is -0.370 e. The predicted molar refractivity (Wildman–Crippen MR) is 104 cm³/mol. The summed E-state index contributed by atoms with van der Waals surface area (Å²) in [5.41, 5.74) is 9.52. The second kappa shape index (κ2) is 7.64. The van der Waals surface area contributed by atoms with Crippen LogP contribution in [0.5, 0.6) is 0 Å². The Balaban J connectivity index is 0.00000176. The van der Waals surface area contributed by atoms with Gasteiger partial charge in [0.05, 0.1) is 0 Å². The first-order chi connectivity index (χ1) is 10.1. The summed E-state index contributed by atoms with van der Waals surface area (Å²) in [7, 11) is 0. The van der Waals surface area contributed by atoms with Crippen LogP contribution >= 0.6 is 24.0 Å². The van der Waals surface area contributed by atoms with E-state index in [4.69, 9.17) is 5.73 Å². The first-order valence-electron chi connectivity index (χ1n) is 7.99. The molecule has 0 bridgehead atoms. The first-order valence-corrected chi connectivity index (χ1v) is 7.99. The molecule has 1 saturated carbocycles. The number of guanidine groups is 1. The molecule has 3 N–H and O–H groups in total. The number of aryl methyl sites for hydroxylation is 2. The van der Waals surface area contributed by atoms with Gasteiger partial charge in [0.25, 0.3) is 0 Å². The Morgan fingerprint density at radius 1 is 1.23 bits per heavy atom. The fourth-order valence-electron chi connectivity index (χ4n) is 3.24. The minimum absolute atomic E-state index is 0. The van der Waals surface area contributed by atoms with Crippen LogP contribution < -0.4 is 11.1 Å². The van der Waals surface area contributed by atoms with Gasteiger partial charge >= 0.3 is 0 Å². The van der Waals surface area contributed by atoms with Gasteiger partial charge in [-0.05, 0) is 68.8 Å². The van der Waals surface area contributed by atoms with Gasteiger partial charge in [0.1, 0.15) is 0 Å². The molecule has 1 aromatic rings. The van der Waals surface area contributed by atoms with Gasteiger partial charge in [0.15, 0.2) is 5.96 Å². The van der Waals surface area contributed by atoms with Crippen LogP contribution in [0.25, 0.3) is 0 Å². The zero-order valence-electron chi connectivity index (χ0n) is 13.5. The van der Waals surface area contributed by atoms with E-state index in [0.717, 1.165) is 18.3 Å². The van der Waals surface area contributed by atoms with Gasteiger partial charge in [-0.1, -0.05) is 6.07 Å². The highest BCUT2D eigenvalue weighted by Gasteiger charge is 2.34. The minimum atomic E-state index is 0. The molecule has 1 unspecified atom stereocenters. The third kappa shape index (κ3) is 4.84. The molecular formula is C17H27IN4.